The van der Waals surface area contributed by atoms with Crippen LogP contribution in [0.1, 0.15) is 5.76 Å². The van der Waals surface area contributed by atoms with Crippen LogP contribution in [0, 0.1) is 0 Å². The van der Waals surface area contributed by atoms with Crippen molar-refractivity contribution in [3.05, 3.63) is 80.7 Å². The van der Waals surface area contributed by atoms with Gasteiger partial charge in [-0.05, 0) is 47.8 Å². The van der Waals surface area contributed by atoms with E-state index in [1.54, 1.807) is 55.0 Å². The van der Waals surface area contributed by atoms with Crippen LogP contribution < -0.4 is 21.3 Å². The number of carbonyl (C=O) groups excluding carboxylic acids is 1. The molecule has 0 saturated heterocycles. The number of aromatic nitrogens is 2. The van der Waals surface area contributed by atoms with Crippen LogP contribution in [0.5, 0.6) is 5.75 Å². The molecule has 8 nitrogen and oxygen atoms in total. The normalized spacial score (nSPS) is 10.9. The van der Waals surface area contributed by atoms with Crippen molar-refractivity contribution in [2.24, 2.45) is 0 Å². The molecule has 9 heteroatoms. The Morgan fingerprint density at radius 1 is 1.14 bits per heavy atom. The van der Waals surface area contributed by atoms with E-state index < -0.39 is 11.2 Å². The fourth-order valence-corrected chi connectivity index (χ4v) is 3.85. The molecule has 0 aliphatic carbocycles. The van der Waals surface area contributed by atoms with E-state index in [0.717, 1.165) is 4.57 Å². The number of carbonyl (C=O) groups is 1. The summed E-state index contributed by atoms with van der Waals surface area (Å²) in [5.41, 5.74) is 0.0466. The number of fused-ring (bicyclic) bond motifs is 1. The largest absolute Gasteiger partial charge is 0.497 e. The van der Waals surface area contributed by atoms with E-state index in [1.807, 2.05) is 0 Å². The van der Waals surface area contributed by atoms with Gasteiger partial charge in [-0.25, -0.2) is 4.79 Å². The zero-order valence-electron chi connectivity index (χ0n) is 15.5. The molecular weight excluding hydrogens is 394 g/mol. The van der Waals surface area contributed by atoms with Gasteiger partial charge in [-0.2, -0.15) is 0 Å². The molecule has 0 spiro atoms. The third kappa shape index (κ3) is 3.72. The van der Waals surface area contributed by atoms with E-state index in [-0.39, 0.29) is 19.0 Å². The molecule has 1 amide bonds. The standard InChI is InChI=1S/C20H17N3O5S/c1-27-14-6-4-13(5-7-14)21-17(24)12-22-16-8-10-29-18(16)19(25)23(20(22)26)11-15-3-2-9-28-15/h2-10H,11-12H2,1H3,(H,21,24). The van der Waals surface area contributed by atoms with Gasteiger partial charge >= 0.3 is 5.69 Å². The number of amides is 1. The van der Waals surface area contributed by atoms with Crippen molar-refractivity contribution in [2.75, 3.05) is 12.4 Å². The predicted molar refractivity (Wildman–Crippen MR) is 110 cm³/mol. The number of methoxy groups -OCH3 is 1. The number of nitrogens with one attached hydrogen (secondary N) is 1. The van der Waals surface area contributed by atoms with Crippen molar-refractivity contribution in [1.82, 2.24) is 9.13 Å². The Kier molecular flexibility index (Phi) is 5.05. The molecule has 1 aromatic carbocycles. The van der Waals surface area contributed by atoms with Gasteiger partial charge in [-0.3, -0.25) is 18.7 Å². The number of ether oxygens (including phenoxy) is 1. The number of rotatable bonds is 6. The first-order valence-corrected chi connectivity index (χ1v) is 9.62. The zero-order valence-corrected chi connectivity index (χ0v) is 16.3. The van der Waals surface area contributed by atoms with Crippen LogP contribution in [0.2, 0.25) is 0 Å². The molecular formula is C20H17N3O5S. The van der Waals surface area contributed by atoms with E-state index in [0.29, 0.717) is 27.4 Å². The summed E-state index contributed by atoms with van der Waals surface area (Å²) < 4.78 is 13.2. The van der Waals surface area contributed by atoms with Crippen LogP contribution in [0.4, 0.5) is 5.69 Å². The van der Waals surface area contributed by atoms with Crippen LogP contribution in [0.25, 0.3) is 10.2 Å². The smallest absolute Gasteiger partial charge is 0.332 e. The third-order valence-electron chi connectivity index (χ3n) is 4.41. The maximum Gasteiger partial charge on any atom is 0.332 e. The quantitative estimate of drug-likeness (QED) is 0.526. The Morgan fingerprint density at radius 3 is 2.62 bits per heavy atom. The summed E-state index contributed by atoms with van der Waals surface area (Å²) in [6.07, 6.45) is 1.48. The Bertz CT molecular complexity index is 1270. The second kappa shape index (κ2) is 7.80. The Labute approximate surface area is 168 Å². The van der Waals surface area contributed by atoms with Crippen LogP contribution in [0.3, 0.4) is 0 Å². The van der Waals surface area contributed by atoms with Crippen molar-refractivity contribution in [2.45, 2.75) is 13.1 Å². The number of anilines is 1. The molecule has 0 bridgehead atoms. The molecule has 0 atom stereocenters. The maximum absolute atomic E-state index is 13.0. The first-order valence-electron chi connectivity index (χ1n) is 8.74. The number of thiophene rings is 1. The van der Waals surface area contributed by atoms with Crippen molar-refractivity contribution >= 4 is 33.1 Å². The number of nitrogens with zero attached hydrogens (tertiary/aromatic N) is 2. The molecule has 29 heavy (non-hydrogen) atoms. The molecule has 3 heterocycles. The lowest BCUT2D eigenvalue weighted by molar-refractivity contribution is -0.116. The third-order valence-corrected chi connectivity index (χ3v) is 5.30. The maximum atomic E-state index is 13.0. The lowest BCUT2D eigenvalue weighted by Gasteiger charge is -2.12. The number of hydrogen-bond donors (Lipinski definition) is 1. The van der Waals surface area contributed by atoms with Crippen molar-refractivity contribution in [3.8, 4) is 5.75 Å². The minimum absolute atomic E-state index is 0.00138. The first-order chi connectivity index (χ1) is 14.1. The number of furan rings is 1. The topological polar surface area (TPSA) is 95.5 Å². The van der Waals surface area contributed by atoms with Crippen molar-refractivity contribution in [3.63, 3.8) is 0 Å². The monoisotopic (exact) mass is 411 g/mol. The predicted octanol–water partition coefficient (Wildman–Crippen LogP) is 2.51. The van der Waals surface area contributed by atoms with Crippen LogP contribution in [-0.2, 0) is 17.9 Å². The summed E-state index contributed by atoms with van der Waals surface area (Å²) in [6, 6.07) is 11.9. The summed E-state index contributed by atoms with van der Waals surface area (Å²) in [5.74, 6) is 0.770. The van der Waals surface area contributed by atoms with E-state index >= 15 is 0 Å². The summed E-state index contributed by atoms with van der Waals surface area (Å²) in [6.45, 7) is -0.227. The SMILES string of the molecule is COc1ccc(NC(=O)Cn2c(=O)n(Cc3ccco3)c(=O)c3sccc32)cc1. The average Bonchev–Trinajstić information content (AvgIpc) is 3.41. The lowest BCUT2D eigenvalue weighted by Crippen LogP contribution is -2.41. The highest BCUT2D eigenvalue weighted by molar-refractivity contribution is 7.17. The zero-order chi connectivity index (χ0) is 20.4. The molecule has 3 aromatic heterocycles. The van der Waals surface area contributed by atoms with E-state index in [4.69, 9.17) is 9.15 Å². The number of benzene rings is 1. The lowest BCUT2D eigenvalue weighted by atomic mass is 10.3. The highest BCUT2D eigenvalue weighted by atomic mass is 32.1. The van der Waals surface area contributed by atoms with Gasteiger partial charge in [0.05, 0.1) is 25.4 Å². The fourth-order valence-electron chi connectivity index (χ4n) is 3.00. The van der Waals surface area contributed by atoms with Crippen molar-refractivity contribution in [1.29, 1.82) is 0 Å². The van der Waals surface area contributed by atoms with Crippen molar-refractivity contribution < 1.29 is 13.9 Å². The molecule has 148 valence electrons. The molecule has 4 aromatic rings. The minimum Gasteiger partial charge on any atom is -0.497 e. The van der Waals surface area contributed by atoms with Gasteiger partial charge in [0.1, 0.15) is 22.8 Å². The molecule has 0 saturated carbocycles. The van der Waals surface area contributed by atoms with Gasteiger partial charge in [0, 0.05) is 5.69 Å². The molecule has 0 radical (unpaired) electrons. The Morgan fingerprint density at radius 2 is 1.93 bits per heavy atom. The summed E-state index contributed by atoms with van der Waals surface area (Å²) >= 11 is 1.23. The second-order valence-corrected chi connectivity index (χ2v) is 7.17. The van der Waals surface area contributed by atoms with Gasteiger partial charge in [0.25, 0.3) is 5.56 Å². The molecule has 0 fully saturated rings. The van der Waals surface area contributed by atoms with Gasteiger partial charge in [-0.1, -0.05) is 0 Å². The van der Waals surface area contributed by atoms with E-state index in [1.165, 1.54) is 22.2 Å². The Balaban J connectivity index is 1.67. The van der Waals surface area contributed by atoms with Gasteiger partial charge in [0.15, 0.2) is 0 Å². The minimum atomic E-state index is -0.567. The summed E-state index contributed by atoms with van der Waals surface area (Å²) in [4.78, 5) is 38.3. The molecule has 4 rings (SSSR count). The summed E-state index contributed by atoms with van der Waals surface area (Å²) in [5, 5.41) is 4.47. The van der Waals surface area contributed by atoms with Crippen LogP contribution in [0.15, 0.2) is 68.1 Å². The van der Waals surface area contributed by atoms with Crippen LogP contribution in [-0.4, -0.2) is 22.2 Å². The molecule has 0 unspecified atom stereocenters. The van der Waals surface area contributed by atoms with Gasteiger partial charge in [-0.15, -0.1) is 11.3 Å². The first kappa shape index (κ1) is 18.8. The molecule has 1 N–H and O–H groups in total. The van der Waals surface area contributed by atoms with Gasteiger partial charge < -0.3 is 14.5 Å². The molecule has 0 aliphatic rings. The Hall–Kier alpha value is -3.59. The average molecular weight is 411 g/mol. The molecule has 0 aliphatic heterocycles. The highest BCUT2D eigenvalue weighted by Crippen LogP contribution is 2.17. The van der Waals surface area contributed by atoms with E-state index in [9.17, 15) is 14.4 Å². The van der Waals surface area contributed by atoms with E-state index in [2.05, 4.69) is 5.32 Å². The highest BCUT2D eigenvalue weighted by Gasteiger charge is 2.17. The summed E-state index contributed by atoms with van der Waals surface area (Å²) in [7, 11) is 1.56. The number of hydrogen-bond acceptors (Lipinski definition) is 6. The van der Waals surface area contributed by atoms with Crippen LogP contribution >= 0.6 is 11.3 Å². The van der Waals surface area contributed by atoms with Gasteiger partial charge in [0.2, 0.25) is 5.91 Å². The second-order valence-electron chi connectivity index (χ2n) is 6.25. The fraction of sp³-hybridized carbons (Fsp3) is 0.150.